The van der Waals surface area contributed by atoms with Crippen LogP contribution in [0.2, 0.25) is 0 Å². The molecular weight excluding hydrogens is 402 g/mol. The summed E-state index contributed by atoms with van der Waals surface area (Å²) in [5, 5.41) is 6.45. The van der Waals surface area contributed by atoms with Crippen molar-refractivity contribution in [3.63, 3.8) is 0 Å². The summed E-state index contributed by atoms with van der Waals surface area (Å²) in [5.74, 6) is 2.58. The van der Waals surface area contributed by atoms with Crippen LogP contribution in [0.1, 0.15) is 29.5 Å². The number of ether oxygens (including phenoxy) is 2. The van der Waals surface area contributed by atoms with Crippen LogP contribution in [0.15, 0.2) is 65.2 Å². The maximum Gasteiger partial charge on any atom is 0.231 e. The van der Waals surface area contributed by atoms with Gasteiger partial charge >= 0.3 is 0 Å². The van der Waals surface area contributed by atoms with Gasteiger partial charge in [-0.05, 0) is 41.0 Å². The van der Waals surface area contributed by atoms with E-state index in [2.05, 4.69) is 75.9 Å². The topological polar surface area (TPSA) is 30.5 Å². The molecule has 0 unspecified atom stereocenters. The van der Waals surface area contributed by atoms with Crippen molar-refractivity contribution >= 4 is 32.4 Å². The van der Waals surface area contributed by atoms with E-state index in [1.165, 1.54) is 27.6 Å². The van der Waals surface area contributed by atoms with Crippen LogP contribution in [0.5, 0.6) is 11.5 Å². The highest BCUT2D eigenvalue weighted by Gasteiger charge is 2.39. The predicted octanol–water partition coefficient (Wildman–Crippen LogP) is 6.16. The summed E-state index contributed by atoms with van der Waals surface area (Å²) in [6, 6.07) is 17.5. The minimum absolute atomic E-state index is 0.215. The van der Waals surface area contributed by atoms with Crippen molar-refractivity contribution < 1.29 is 9.47 Å². The molecule has 0 fully saturated rings. The zero-order valence-electron chi connectivity index (χ0n) is 14.6. The van der Waals surface area contributed by atoms with Crippen LogP contribution in [-0.4, -0.2) is 6.79 Å². The lowest BCUT2D eigenvalue weighted by Crippen LogP contribution is -2.29. The van der Waals surface area contributed by atoms with Crippen LogP contribution < -0.4 is 14.8 Å². The number of anilines is 1. The molecule has 0 spiro atoms. The molecule has 0 aromatic heterocycles. The van der Waals surface area contributed by atoms with Gasteiger partial charge in [0, 0.05) is 21.5 Å². The number of rotatable bonds is 1. The van der Waals surface area contributed by atoms with Gasteiger partial charge in [-0.3, -0.25) is 0 Å². The van der Waals surface area contributed by atoms with E-state index in [9.17, 15) is 0 Å². The highest BCUT2D eigenvalue weighted by molar-refractivity contribution is 9.10. The van der Waals surface area contributed by atoms with Gasteiger partial charge in [-0.1, -0.05) is 64.5 Å². The molecule has 0 radical (unpaired) electrons. The molecule has 0 saturated carbocycles. The van der Waals surface area contributed by atoms with Crippen molar-refractivity contribution in [2.75, 3.05) is 12.1 Å². The number of allylic oxidation sites excluding steroid dienone is 2. The highest BCUT2D eigenvalue weighted by atomic mass is 79.9. The Morgan fingerprint density at radius 2 is 1.81 bits per heavy atom. The van der Waals surface area contributed by atoms with Crippen LogP contribution in [0.3, 0.4) is 0 Å². The number of fused-ring (bicyclic) bond motifs is 6. The molecule has 3 aromatic rings. The Morgan fingerprint density at radius 3 is 2.74 bits per heavy atom. The van der Waals surface area contributed by atoms with E-state index in [0.29, 0.717) is 18.6 Å². The summed E-state index contributed by atoms with van der Waals surface area (Å²) in [4.78, 5) is 0. The molecule has 0 saturated heterocycles. The second-order valence-electron chi connectivity index (χ2n) is 7.45. The Bertz CT molecular complexity index is 1110. The molecule has 3 atom stereocenters. The molecule has 6 rings (SSSR count). The van der Waals surface area contributed by atoms with Crippen molar-refractivity contribution in [3.05, 3.63) is 76.3 Å². The molecule has 0 bridgehead atoms. The summed E-state index contributed by atoms with van der Waals surface area (Å²) < 4.78 is 12.3. The molecule has 2 heterocycles. The van der Waals surface area contributed by atoms with Gasteiger partial charge in [-0.2, -0.15) is 0 Å². The molecule has 0 amide bonds. The second kappa shape index (κ2) is 5.77. The van der Waals surface area contributed by atoms with E-state index < -0.39 is 0 Å². The Balaban J connectivity index is 1.54. The standard InChI is InChI=1S/C23H18BrNO2/c24-19-11-21-20(26-12-27-21)10-18(19)23-16-7-3-6-15(16)17-9-8-13-4-1-2-5-14(13)22(17)25-23/h1-6,8-11,15-16,23,25H,7,12H2/t15-,16+,23-/m1/s1. The fraction of sp³-hybridized carbons (Fsp3) is 0.217. The largest absolute Gasteiger partial charge is 0.454 e. The van der Waals surface area contributed by atoms with Gasteiger partial charge in [-0.25, -0.2) is 0 Å². The monoisotopic (exact) mass is 419 g/mol. The average molecular weight is 420 g/mol. The lowest BCUT2D eigenvalue weighted by molar-refractivity contribution is 0.174. The third-order valence-electron chi connectivity index (χ3n) is 6.09. The highest BCUT2D eigenvalue weighted by Crippen LogP contribution is 2.53. The van der Waals surface area contributed by atoms with Gasteiger partial charge in [0.15, 0.2) is 11.5 Å². The van der Waals surface area contributed by atoms with E-state index in [4.69, 9.17) is 9.47 Å². The second-order valence-corrected chi connectivity index (χ2v) is 8.31. The van der Waals surface area contributed by atoms with Gasteiger partial charge in [0.2, 0.25) is 6.79 Å². The molecule has 134 valence electrons. The van der Waals surface area contributed by atoms with Gasteiger partial charge in [0.25, 0.3) is 0 Å². The van der Waals surface area contributed by atoms with Crippen molar-refractivity contribution in [3.8, 4) is 11.5 Å². The Kier molecular flexibility index (Phi) is 3.33. The normalized spacial score (nSPS) is 24.6. The zero-order valence-corrected chi connectivity index (χ0v) is 16.2. The first-order valence-electron chi connectivity index (χ1n) is 9.33. The maximum atomic E-state index is 5.65. The van der Waals surface area contributed by atoms with Gasteiger partial charge in [0.05, 0.1) is 6.04 Å². The van der Waals surface area contributed by atoms with Gasteiger partial charge in [-0.15, -0.1) is 0 Å². The predicted molar refractivity (Wildman–Crippen MR) is 111 cm³/mol. The minimum Gasteiger partial charge on any atom is -0.454 e. The SMILES string of the molecule is Brc1cc2c(cc1[C@@H]1Nc3c(ccc4ccccc34)[C@@H]3C=CC[C@@H]31)OCO2. The van der Waals surface area contributed by atoms with E-state index in [-0.39, 0.29) is 6.04 Å². The quantitative estimate of drug-likeness (QED) is 0.479. The molecule has 3 aromatic carbocycles. The summed E-state index contributed by atoms with van der Waals surface area (Å²) >= 11 is 3.78. The molecule has 3 nitrogen and oxygen atoms in total. The number of benzene rings is 3. The lowest BCUT2D eigenvalue weighted by atomic mass is 9.76. The summed E-state index contributed by atoms with van der Waals surface area (Å²) in [6.45, 7) is 0.296. The van der Waals surface area contributed by atoms with Gasteiger partial charge in [0.1, 0.15) is 0 Å². The Labute approximate surface area is 166 Å². The number of hydrogen-bond acceptors (Lipinski definition) is 3. The van der Waals surface area contributed by atoms with Crippen molar-refractivity contribution in [2.24, 2.45) is 5.92 Å². The van der Waals surface area contributed by atoms with Crippen LogP contribution in [-0.2, 0) is 0 Å². The number of hydrogen-bond donors (Lipinski definition) is 1. The average Bonchev–Trinajstić information content (AvgIpc) is 3.35. The van der Waals surface area contributed by atoms with Gasteiger partial charge < -0.3 is 14.8 Å². The maximum absolute atomic E-state index is 5.65. The van der Waals surface area contributed by atoms with Crippen molar-refractivity contribution in [2.45, 2.75) is 18.4 Å². The van der Waals surface area contributed by atoms with E-state index >= 15 is 0 Å². The van der Waals surface area contributed by atoms with E-state index in [0.717, 1.165) is 22.4 Å². The van der Waals surface area contributed by atoms with Crippen molar-refractivity contribution in [1.82, 2.24) is 0 Å². The summed E-state index contributed by atoms with van der Waals surface area (Å²) in [6.07, 6.45) is 5.79. The van der Waals surface area contributed by atoms with Crippen LogP contribution in [0.25, 0.3) is 10.8 Å². The van der Waals surface area contributed by atoms with Crippen LogP contribution in [0, 0.1) is 5.92 Å². The zero-order chi connectivity index (χ0) is 18.0. The smallest absolute Gasteiger partial charge is 0.231 e. The molecular formula is C23H18BrNO2. The number of nitrogens with one attached hydrogen (secondary N) is 1. The molecule has 1 aliphatic carbocycles. The summed E-state index contributed by atoms with van der Waals surface area (Å²) in [5.41, 5.74) is 3.90. The minimum atomic E-state index is 0.215. The molecule has 2 aliphatic heterocycles. The molecule has 1 N–H and O–H groups in total. The fourth-order valence-corrected chi connectivity index (χ4v) is 5.39. The first-order chi connectivity index (χ1) is 13.3. The summed E-state index contributed by atoms with van der Waals surface area (Å²) in [7, 11) is 0. The van der Waals surface area contributed by atoms with Crippen molar-refractivity contribution in [1.29, 1.82) is 0 Å². The Morgan fingerprint density at radius 1 is 0.963 bits per heavy atom. The Hall–Kier alpha value is -2.46. The molecule has 3 aliphatic rings. The third-order valence-corrected chi connectivity index (χ3v) is 6.78. The van der Waals surface area contributed by atoms with Crippen LogP contribution in [0.4, 0.5) is 5.69 Å². The first kappa shape index (κ1) is 15.6. The molecule has 4 heteroatoms. The van der Waals surface area contributed by atoms with Crippen LogP contribution >= 0.6 is 15.9 Å². The third kappa shape index (κ3) is 2.26. The fourth-order valence-electron chi connectivity index (χ4n) is 4.82. The van der Waals surface area contributed by atoms with E-state index in [1.54, 1.807) is 0 Å². The lowest BCUT2D eigenvalue weighted by Gasteiger charge is -2.38. The number of halogens is 1. The van der Waals surface area contributed by atoms with E-state index in [1.807, 2.05) is 6.07 Å². The molecule has 27 heavy (non-hydrogen) atoms. The first-order valence-corrected chi connectivity index (χ1v) is 10.1.